The van der Waals surface area contributed by atoms with Crippen LogP contribution in [-0.2, 0) is 10.5 Å². The monoisotopic (exact) mass is 403 g/mol. The molecule has 30 heavy (non-hydrogen) atoms. The SMILES string of the molecule is COc1ccccc1NC(=O)[C@@H]1[C@@H](c2ccccc2)Nc2c(C#N)cnn2[C@@]1(C)O. The average molecular weight is 403 g/mol. The normalized spacial score (nSPS) is 22.3. The Bertz CT molecular complexity index is 1120. The molecule has 0 radical (unpaired) electrons. The van der Waals surface area contributed by atoms with Gasteiger partial charge in [-0.15, -0.1) is 0 Å². The van der Waals surface area contributed by atoms with E-state index in [1.54, 1.807) is 24.3 Å². The summed E-state index contributed by atoms with van der Waals surface area (Å²) in [6.45, 7) is 1.52. The van der Waals surface area contributed by atoms with E-state index in [0.717, 1.165) is 5.56 Å². The Balaban J connectivity index is 1.80. The summed E-state index contributed by atoms with van der Waals surface area (Å²) in [5.41, 5.74) is -0.104. The molecule has 0 fully saturated rings. The molecule has 1 amide bonds. The topological polar surface area (TPSA) is 112 Å². The second kappa shape index (κ2) is 7.54. The van der Waals surface area contributed by atoms with Crippen LogP contribution in [0.1, 0.15) is 24.1 Å². The third-order valence-electron chi connectivity index (χ3n) is 5.34. The van der Waals surface area contributed by atoms with Crippen molar-refractivity contribution in [1.29, 1.82) is 5.26 Å². The van der Waals surface area contributed by atoms with E-state index in [1.165, 1.54) is 24.9 Å². The summed E-state index contributed by atoms with van der Waals surface area (Å²) in [7, 11) is 1.52. The summed E-state index contributed by atoms with van der Waals surface area (Å²) in [4.78, 5) is 13.4. The number of nitrogens with one attached hydrogen (secondary N) is 2. The molecule has 3 N–H and O–H groups in total. The Morgan fingerprint density at radius 2 is 1.97 bits per heavy atom. The van der Waals surface area contributed by atoms with E-state index < -0.39 is 23.6 Å². The van der Waals surface area contributed by atoms with Crippen molar-refractivity contribution in [2.24, 2.45) is 5.92 Å². The predicted molar refractivity (Wildman–Crippen MR) is 111 cm³/mol. The van der Waals surface area contributed by atoms with Crippen molar-refractivity contribution >= 4 is 17.4 Å². The minimum Gasteiger partial charge on any atom is -0.495 e. The molecule has 0 unspecified atom stereocenters. The van der Waals surface area contributed by atoms with Crippen molar-refractivity contribution < 1.29 is 14.6 Å². The highest BCUT2D eigenvalue weighted by atomic mass is 16.5. The fraction of sp³-hybridized carbons (Fsp3) is 0.227. The van der Waals surface area contributed by atoms with Crippen LogP contribution in [0.4, 0.5) is 11.5 Å². The Kier molecular flexibility index (Phi) is 4.90. The molecule has 0 saturated carbocycles. The number of carbonyl (C=O) groups is 1. The highest BCUT2D eigenvalue weighted by molar-refractivity contribution is 5.95. The lowest BCUT2D eigenvalue weighted by molar-refractivity contribution is -0.143. The van der Waals surface area contributed by atoms with Crippen LogP contribution in [0.15, 0.2) is 60.8 Å². The first-order chi connectivity index (χ1) is 14.5. The van der Waals surface area contributed by atoms with Gasteiger partial charge in [-0.05, 0) is 24.6 Å². The summed E-state index contributed by atoms with van der Waals surface area (Å²) in [5.74, 6) is -0.482. The Morgan fingerprint density at radius 1 is 1.27 bits per heavy atom. The molecular weight excluding hydrogens is 382 g/mol. The van der Waals surface area contributed by atoms with Gasteiger partial charge in [0.1, 0.15) is 29.1 Å². The number of aliphatic hydroxyl groups is 1. The summed E-state index contributed by atoms with van der Waals surface area (Å²) >= 11 is 0. The highest BCUT2D eigenvalue weighted by Gasteiger charge is 2.50. The number of methoxy groups -OCH3 is 1. The zero-order chi connectivity index (χ0) is 21.3. The minimum absolute atomic E-state index is 0.291. The van der Waals surface area contributed by atoms with Crippen LogP contribution in [0.3, 0.4) is 0 Å². The first-order valence-corrected chi connectivity index (χ1v) is 9.43. The lowest BCUT2D eigenvalue weighted by Crippen LogP contribution is -2.53. The number of rotatable bonds is 4. The third-order valence-corrected chi connectivity index (χ3v) is 5.34. The summed E-state index contributed by atoms with van der Waals surface area (Å²) < 4.78 is 6.61. The number of carbonyl (C=O) groups excluding carboxylic acids is 1. The second-order valence-corrected chi connectivity index (χ2v) is 7.22. The number of aromatic nitrogens is 2. The molecule has 0 spiro atoms. The highest BCUT2D eigenvalue weighted by Crippen LogP contribution is 2.44. The molecule has 152 valence electrons. The van der Waals surface area contributed by atoms with Gasteiger partial charge in [0.05, 0.1) is 25.0 Å². The molecule has 1 aromatic heterocycles. The van der Waals surface area contributed by atoms with E-state index in [-0.39, 0.29) is 0 Å². The van der Waals surface area contributed by atoms with Crippen molar-refractivity contribution in [3.05, 3.63) is 71.9 Å². The minimum atomic E-state index is -1.69. The smallest absolute Gasteiger partial charge is 0.234 e. The number of hydrogen-bond acceptors (Lipinski definition) is 6. The van der Waals surface area contributed by atoms with Crippen LogP contribution < -0.4 is 15.4 Å². The molecular formula is C22H21N5O3. The number of para-hydroxylation sites is 2. The van der Waals surface area contributed by atoms with Crippen molar-refractivity contribution in [3.8, 4) is 11.8 Å². The first kappa shape index (κ1) is 19.5. The molecule has 4 rings (SSSR count). The zero-order valence-corrected chi connectivity index (χ0v) is 16.5. The summed E-state index contributed by atoms with van der Waals surface area (Å²) in [5, 5.41) is 31.1. The molecule has 2 heterocycles. The largest absolute Gasteiger partial charge is 0.495 e. The maximum atomic E-state index is 13.4. The van der Waals surface area contributed by atoms with E-state index >= 15 is 0 Å². The van der Waals surface area contributed by atoms with E-state index in [1.807, 2.05) is 30.3 Å². The van der Waals surface area contributed by atoms with Gasteiger partial charge in [-0.2, -0.15) is 10.4 Å². The van der Waals surface area contributed by atoms with Gasteiger partial charge < -0.3 is 20.5 Å². The van der Waals surface area contributed by atoms with Crippen molar-refractivity contribution in [1.82, 2.24) is 9.78 Å². The van der Waals surface area contributed by atoms with Gasteiger partial charge in [0.15, 0.2) is 5.72 Å². The van der Waals surface area contributed by atoms with Gasteiger partial charge in [0, 0.05) is 0 Å². The van der Waals surface area contributed by atoms with Crippen LogP contribution in [0, 0.1) is 17.2 Å². The van der Waals surface area contributed by atoms with Crippen LogP contribution in [0.25, 0.3) is 0 Å². The van der Waals surface area contributed by atoms with Gasteiger partial charge in [0.25, 0.3) is 0 Å². The number of benzene rings is 2. The molecule has 3 atom stereocenters. The molecule has 0 aliphatic carbocycles. The van der Waals surface area contributed by atoms with Crippen molar-refractivity contribution in [3.63, 3.8) is 0 Å². The van der Waals surface area contributed by atoms with Crippen molar-refractivity contribution in [2.45, 2.75) is 18.7 Å². The van der Waals surface area contributed by atoms with Gasteiger partial charge in [-0.3, -0.25) is 4.79 Å². The quantitative estimate of drug-likeness (QED) is 0.618. The maximum Gasteiger partial charge on any atom is 0.234 e. The van der Waals surface area contributed by atoms with Crippen LogP contribution in [-0.4, -0.2) is 27.9 Å². The summed E-state index contributed by atoms with van der Waals surface area (Å²) in [6.07, 6.45) is 1.37. The van der Waals surface area contributed by atoms with Gasteiger partial charge in [0.2, 0.25) is 5.91 Å². The maximum absolute atomic E-state index is 13.4. The van der Waals surface area contributed by atoms with E-state index in [4.69, 9.17) is 4.74 Å². The first-order valence-electron chi connectivity index (χ1n) is 9.43. The summed E-state index contributed by atoms with van der Waals surface area (Å²) in [6, 6.07) is 17.9. The predicted octanol–water partition coefficient (Wildman–Crippen LogP) is 2.85. The average Bonchev–Trinajstić information content (AvgIpc) is 3.18. The molecule has 8 nitrogen and oxygen atoms in total. The molecule has 8 heteroatoms. The van der Waals surface area contributed by atoms with Gasteiger partial charge in [-0.25, -0.2) is 4.68 Å². The number of amides is 1. The Morgan fingerprint density at radius 3 is 2.67 bits per heavy atom. The standard InChI is InChI=1S/C22H21N5O3/c1-22(29)18(21(28)25-16-10-6-7-11-17(16)30-2)19(14-8-4-3-5-9-14)26-20-15(12-23)13-24-27(20)22/h3-11,13,18-19,26,29H,1-2H3,(H,25,28)/t18-,19+,22-/m0/s1. The molecule has 2 aromatic carbocycles. The van der Waals surface area contributed by atoms with Crippen molar-refractivity contribution in [2.75, 3.05) is 17.7 Å². The number of ether oxygens (including phenoxy) is 1. The van der Waals surface area contributed by atoms with Gasteiger partial charge >= 0.3 is 0 Å². The number of hydrogen-bond donors (Lipinski definition) is 3. The van der Waals surface area contributed by atoms with Gasteiger partial charge in [-0.1, -0.05) is 42.5 Å². The number of fused-ring (bicyclic) bond motifs is 1. The fourth-order valence-electron chi connectivity index (χ4n) is 3.88. The van der Waals surface area contributed by atoms with E-state index in [0.29, 0.717) is 22.8 Å². The zero-order valence-electron chi connectivity index (χ0n) is 16.5. The Labute approximate surface area is 173 Å². The molecule has 3 aromatic rings. The number of anilines is 2. The van der Waals surface area contributed by atoms with Crippen LogP contribution >= 0.6 is 0 Å². The Hall–Kier alpha value is -3.83. The number of nitrogens with zero attached hydrogens (tertiary/aromatic N) is 3. The molecule has 1 aliphatic heterocycles. The fourth-order valence-corrected chi connectivity index (χ4v) is 3.88. The lowest BCUT2D eigenvalue weighted by atomic mass is 9.82. The number of nitriles is 1. The third kappa shape index (κ3) is 3.15. The second-order valence-electron chi connectivity index (χ2n) is 7.22. The van der Waals surface area contributed by atoms with E-state index in [2.05, 4.69) is 21.8 Å². The van der Waals surface area contributed by atoms with Crippen LogP contribution in [0.2, 0.25) is 0 Å². The molecule has 0 saturated heterocycles. The molecule has 1 aliphatic rings. The lowest BCUT2D eigenvalue weighted by Gasteiger charge is -2.43. The van der Waals surface area contributed by atoms with Crippen LogP contribution in [0.5, 0.6) is 5.75 Å². The van der Waals surface area contributed by atoms with E-state index in [9.17, 15) is 15.2 Å². The molecule has 0 bridgehead atoms.